The van der Waals surface area contributed by atoms with Crippen molar-refractivity contribution in [1.82, 2.24) is 0 Å². The van der Waals surface area contributed by atoms with Gasteiger partial charge in [-0.25, -0.2) is 0 Å². The number of benzene rings is 1. The van der Waals surface area contributed by atoms with Crippen LogP contribution in [-0.2, 0) is 14.7 Å². The fourth-order valence-electron chi connectivity index (χ4n) is 0.677. The van der Waals surface area contributed by atoms with Crippen molar-refractivity contribution in [2.45, 2.75) is 4.90 Å². The maximum atomic E-state index is 10.5. The molecule has 0 saturated heterocycles. The molecule has 6 heteroatoms. The Hall–Kier alpha value is -0.290. The van der Waals surface area contributed by atoms with E-state index in [4.69, 9.17) is 23.2 Å². The summed E-state index contributed by atoms with van der Waals surface area (Å²) < 4.78 is 31.5. The lowest BCUT2D eigenvalue weighted by atomic mass is 10.4. The van der Waals surface area contributed by atoms with Gasteiger partial charge in [-0.2, -0.15) is 8.42 Å². The van der Waals surface area contributed by atoms with Crippen LogP contribution in [0.3, 0.4) is 0 Å². The predicted molar refractivity (Wildman–Crippen MR) is 44.3 cm³/mol. The molecule has 1 aromatic rings. The van der Waals surface area contributed by atoms with Gasteiger partial charge >= 0.3 is 10.1 Å². The van der Waals surface area contributed by atoms with E-state index in [0.717, 1.165) is 6.07 Å². The standard InChI is InChI=1S/C6H3Cl2O3S/c7-4-2-1-3-5(6(4)8)12(9,10)11/h1-3H. The van der Waals surface area contributed by atoms with E-state index in [1.165, 1.54) is 12.1 Å². The average molecular weight is 226 g/mol. The van der Waals surface area contributed by atoms with E-state index < -0.39 is 15.0 Å². The van der Waals surface area contributed by atoms with E-state index in [2.05, 4.69) is 0 Å². The number of rotatable bonds is 1. The molecule has 0 N–H and O–H groups in total. The molecule has 0 aromatic heterocycles. The number of halogens is 2. The predicted octanol–water partition coefficient (Wildman–Crippen LogP) is 2.11. The molecule has 0 aliphatic carbocycles. The number of hydrogen-bond acceptors (Lipinski definition) is 2. The maximum Gasteiger partial charge on any atom is 0.325 e. The zero-order chi connectivity index (χ0) is 9.35. The van der Waals surface area contributed by atoms with Gasteiger partial charge in [-0.15, -0.1) is 0 Å². The van der Waals surface area contributed by atoms with E-state index in [-0.39, 0.29) is 10.0 Å². The summed E-state index contributed by atoms with van der Waals surface area (Å²) in [6.45, 7) is 0. The first-order chi connectivity index (χ1) is 5.43. The zero-order valence-corrected chi connectivity index (χ0v) is 7.95. The van der Waals surface area contributed by atoms with Crippen LogP contribution in [0.15, 0.2) is 23.1 Å². The van der Waals surface area contributed by atoms with Crippen LogP contribution in [0.25, 0.3) is 0 Å². The Morgan fingerprint density at radius 3 is 2.17 bits per heavy atom. The fourth-order valence-corrected chi connectivity index (χ4v) is 1.89. The van der Waals surface area contributed by atoms with Crippen LogP contribution >= 0.6 is 23.2 Å². The molecule has 0 aliphatic rings. The summed E-state index contributed by atoms with van der Waals surface area (Å²) in [5, 5.41) is -0.178. The van der Waals surface area contributed by atoms with Crippen molar-refractivity contribution in [1.29, 1.82) is 0 Å². The van der Waals surface area contributed by atoms with Crippen molar-refractivity contribution in [3.05, 3.63) is 28.2 Å². The minimum Gasteiger partial charge on any atom is -0.191 e. The molecule has 0 unspecified atom stereocenters. The highest BCUT2D eigenvalue weighted by Crippen LogP contribution is 2.28. The van der Waals surface area contributed by atoms with Gasteiger partial charge in [0.15, 0.2) is 0 Å². The lowest BCUT2D eigenvalue weighted by molar-refractivity contribution is 0.414. The minimum absolute atomic E-state index is 0.0496. The molecule has 0 amide bonds. The molecule has 0 spiro atoms. The highest BCUT2D eigenvalue weighted by molar-refractivity contribution is 7.85. The van der Waals surface area contributed by atoms with Crippen molar-refractivity contribution in [2.75, 3.05) is 0 Å². The van der Waals surface area contributed by atoms with Gasteiger partial charge < -0.3 is 0 Å². The molecule has 1 radical (unpaired) electrons. The monoisotopic (exact) mass is 225 g/mol. The Morgan fingerprint density at radius 1 is 1.17 bits per heavy atom. The summed E-state index contributed by atoms with van der Waals surface area (Å²) in [5.41, 5.74) is 0. The first kappa shape index (κ1) is 9.80. The van der Waals surface area contributed by atoms with Crippen LogP contribution in [0.2, 0.25) is 10.0 Å². The van der Waals surface area contributed by atoms with Gasteiger partial charge in [-0.1, -0.05) is 33.8 Å². The minimum atomic E-state index is -4.52. The lowest BCUT2D eigenvalue weighted by Crippen LogP contribution is -1.96. The van der Waals surface area contributed by atoms with E-state index in [0.29, 0.717) is 0 Å². The molecule has 0 saturated carbocycles. The van der Waals surface area contributed by atoms with Gasteiger partial charge in [0.05, 0.1) is 10.0 Å². The normalized spacial score (nSPS) is 11.6. The van der Waals surface area contributed by atoms with Crippen molar-refractivity contribution in [3.8, 4) is 0 Å². The Labute approximate surface area is 79.7 Å². The second-order valence-electron chi connectivity index (χ2n) is 2.01. The summed E-state index contributed by atoms with van der Waals surface area (Å²) in [5.74, 6) is 0. The van der Waals surface area contributed by atoms with Crippen LogP contribution in [0.5, 0.6) is 0 Å². The third kappa shape index (κ3) is 1.90. The first-order valence-electron chi connectivity index (χ1n) is 2.83. The average Bonchev–Trinajstić information content (AvgIpc) is 1.92. The summed E-state index contributed by atoms with van der Waals surface area (Å²) in [6.07, 6.45) is 0. The van der Waals surface area contributed by atoms with E-state index in [1.54, 1.807) is 0 Å². The van der Waals surface area contributed by atoms with Crippen molar-refractivity contribution >= 4 is 33.3 Å². The molecule has 1 rings (SSSR count). The van der Waals surface area contributed by atoms with Crippen LogP contribution in [0.4, 0.5) is 0 Å². The van der Waals surface area contributed by atoms with Gasteiger partial charge in [0, 0.05) is 0 Å². The summed E-state index contributed by atoms with van der Waals surface area (Å²) in [6, 6.07) is 3.86. The molecule has 3 nitrogen and oxygen atoms in total. The van der Waals surface area contributed by atoms with Crippen molar-refractivity contribution in [2.24, 2.45) is 0 Å². The third-order valence-corrected chi connectivity index (χ3v) is 3.00. The van der Waals surface area contributed by atoms with Crippen LogP contribution < -0.4 is 0 Å². The van der Waals surface area contributed by atoms with Crippen molar-refractivity contribution in [3.63, 3.8) is 0 Å². The van der Waals surface area contributed by atoms with E-state index >= 15 is 0 Å². The third-order valence-electron chi connectivity index (χ3n) is 1.19. The second-order valence-corrected chi connectivity index (χ2v) is 4.14. The molecule has 0 bridgehead atoms. The quantitative estimate of drug-likeness (QED) is 0.736. The van der Waals surface area contributed by atoms with E-state index in [9.17, 15) is 13.0 Å². The van der Waals surface area contributed by atoms with Crippen LogP contribution in [0, 0.1) is 0 Å². The highest BCUT2D eigenvalue weighted by atomic mass is 35.5. The topological polar surface area (TPSA) is 54.0 Å². The smallest absolute Gasteiger partial charge is 0.191 e. The van der Waals surface area contributed by atoms with Gasteiger partial charge in [0.25, 0.3) is 0 Å². The maximum absolute atomic E-state index is 10.5. The molecule has 0 heterocycles. The molecular formula is C6H3Cl2O3S. The lowest BCUT2D eigenvalue weighted by Gasteiger charge is -1.99. The summed E-state index contributed by atoms with van der Waals surface area (Å²) >= 11 is 11.0. The molecule has 0 aliphatic heterocycles. The Balaban J connectivity index is 3.47. The molecule has 0 fully saturated rings. The Morgan fingerprint density at radius 2 is 1.75 bits per heavy atom. The van der Waals surface area contributed by atoms with Gasteiger partial charge in [-0.3, -0.25) is 0 Å². The van der Waals surface area contributed by atoms with Gasteiger partial charge in [0.2, 0.25) is 0 Å². The summed E-state index contributed by atoms with van der Waals surface area (Å²) in [4.78, 5) is -0.489. The highest BCUT2D eigenvalue weighted by Gasteiger charge is 2.17. The molecular weight excluding hydrogens is 223 g/mol. The zero-order valence-electron chi connectivity index (χ0n) is 5.62. The van der Waals surface area contributed by atoms with Crippen LogP contribution in [0.1, 0.15) is 0 Å². The Bertz CT molecular complexity index is 399. The fraction of sp³-hybridized carbons (Fsp3) is 0. The first-order valence-corrected chi connectivity index (χ1v) is 4.99. The van der Waals surface area contributed by atoms with E-state index in [1.807, 2.05) is 0 Å². The second kappa shape index (κ2) is 3.22. The van der Waals surface area contributed by atoms with Gasteiger partial charge in [0.1, 0.15) is 4.90 Å². The Kier molecular flexibility index (Phi) is 2.63. The van der Waals surface area contributed by atoms with Gasteiger partial charge in [-0.05, 0) is 12.1 Å². The molecule has 65 valence electrons. The van der Waals surface area contributed by atoms with Crippen LogP contribution in [-0.4, -0.2) is 8.42 Å². The largest absolute Gasteiger partial charge is 0.325 e. The molecule has 0 atom stereocenters. The SMILES string of the molecule is [O]S(=O)(=O)c1cccc(Cl)c1Cl. The number of hydrogen-bond donors (Lipinski definition) is 0. The summed E-state index contributed by atoms with van der Waals surface area (Å²) in [7, 11) is -4.52. The molecule has 12 heavy (non-hydrogen) atoms. The molecule has 1 aromatic carbocycles. The van der Waals surface area contributed by atoms with Crippen molar-refractivity contribution < 1.29 is 13.0 Å².